The third-order valence-corrected chi connectivity index (χ3v) is 0.957. The largest absolute Gasteiger partial charge is 0.317 e. The molecule has 1 saturated heterocycles. The van der Waals surface area contributed by atoms with E-state index in [9.17, 15) is 0 Å². The molecule has 1 aliphatic heterocycles. The summed E-state index contributed by atoms with van der Waals surface area (Å²) in [4.78, 5) is 0. The molecule has 0 spiro atoms. The second kappa shape index (κ2) is 3.76. The zero-order valence-corrected chi connectivity index (χ0v) is 7.00. The van der Waals surface area contributed by atoms with E-state index in [4.69, 9.17) is 0 Å². The van der Waals surface area contributed by atoms with Crippen LogP contribution in [0.3, 0.4) is 0 Å². The van der Waals surface area contributed by atoms with Crippen molar-refractivity contribution in [3.63, 3.8) is 0 Å². The molecule has 6 heavy (non-hydrogen) atoms. The maximum Gasteiger partial charge on any atom is 0 e. The molecule has 32 valence electrons. The van der Waals surface area contributed by atoms with Gasteiger partial charge in [0.25, 0.3) is 0 Å². The van der Waals surface area contributed by atoms with Crippen LogP contribution in [-0.4, -0.2) is 13.1 Å². The first kappa shape index (κ1) is 6.58. The van der Waals surface area contributed by atoms with Crippen LogP contribution in [0.15, 0.2) is 0 Å². The van der Waals surface area contributed by atoms with Crippen LogP contribution in [-0.2, 0) is 19.5 Å². The molecule has 0 aromatic rings. The minimum absolute atomic E-state index is 0. The van der Waals surface area contributed by atoms with Crippen LogP contribution in [0.4, 0.5) is 0 Å². The molecule has 0 aromatic heterocycles. The summed E-state index contributed by atoms with van der Waals surface area (Å²) >= 11 is 0. The Morgan fingerprint density at radius 3 is 1.67 bits per heavy atom. The van der Waals surface area contributed by atoms with Gasteiger partial charge >= 0.3 is 0 Å². The minimum atomic E-state index is 0. The van der Waals surface area contributed by atoms with Crippen LogP contribution >= 0.6 is 0 Å². The van der Waals surface area contributed by atoms with Crippen LogP contribution in [0.25, 0.3) is 0 Å². The van der Waals surface area contributed by atoms with Gasteiger partial charge < -0.3 is 5.32 Å². The monoisotopic (exact) mass is 135 g/mol. The zero-order chi connectivity index (χ0) is 3.54. The van der Waals surface area contributed by atoms with Crippen molar-refractivity contribution in [2.45, 2.75) is 12.8 Å². The molecule has 1 nitrogen and oxygen atoms in total. The van der Waals surface area contributed by atoms with Gasteiger partial charge in [0.1, 0.15) is 0 Å². The fraction of sp³-hybridized carbons (Fsp3) is 1.00. The molecule has 1 N–H and O–H groups in total. The molecule has 1 fully saturated rings. The van der Waals surface area contributed by atoms with E-state index in [1.54, 1.807) is 0 Å². The fourth-order valence-electron chi connectivity index (χ4n) is 0.625. The maximum atomic E-state index is 3.22. The van der Waals surface area contributed by atoms with E-state index < -0.39 is 0 Å². The van der Waals surface area contributed by atoms with E-state index >= 15 is 0 Å². The summed E-state index contributed by atoms with van der Waals surface area (Å²) < 4.78 is 0. The Hall–Kier alpha value is 0.583. The van der Waals surface area contributed by atoms with Gasteiger partial charge in [0, 0.05) is 19.5 Å². The van der Waals surface area contributed by atoms with E-state index in [2.05, 4.69) is 5.32 Å². The van der Waals surface area contributed by atoms with Crippen LogP contribution in [0.1, 0.15) is 12.8 Å². The molecule has 0 saturated carbocycles. The van der Waals surface area contributed by atoms with Gasteiger partial charge in [0.15, 0.2) is 0 Å². The fourth-order valence-corrected chi connectivity index (χ4v) is 0.625. The molecular weight excluding hydrogens is 127 g/mol. The summed E-state index contributed by atoms with van der Waals surface area (Å²) in [5, 5.41) is 3.22. The van der Waals surface area contributed by atoms with Gasteiger partial charge in [-0.05, 0) is 25.9 Å². The predicted molar refractivity (Wildman–Crippen MR) is 22.1 cm³/mol. The molecule has 0 aromatic carbocycles. The van der Waals surface area contributed by atoms with Crippen molar-refractivity contribution in [1.29, 1.82) is 0 Å². The molecule has 0 atom stereocenters. The first-order chi connectivity index (χ1) is 2.50. The molecule has 0 amide bonds. The smallest absolute Gasteiger partial charge is 0 e. The minimum Gasteiger partial charge on any atom is -0.317 e. The van der Waals surface area contributed by atoms with Gasteiger partial charge in [-0.25, -0.2) is 0 Å². The van der Waals surface area contributed by atoms with Crippen molar-refractivity contribution in [1.82, 2.24) is 5.32 Å². The third kappa shape index (κ3) is 1.89. The molecular formula is C4H9NZn. The van der Waals surface area contributed by atoms with Crippen molar-refractivity contribution in [2.75, 3.05) is 13.1 Å². The van der Waals surface area contributed by atoms with Crippen molar-refractivity contribution in [3.05, 3.63) is 0 Å². The average Bonchev–Trinajstić information content (AvgIpc) is 1.76. The molecule has 1 aliphatic rings. The quantitative estimate of drug-likeness (QED) is 0.475. The van der Waals surface area contributed by atoms with Crippen LogP contribution < -0.4 is 5.32 Å². The predicted octanol–water partition coefficient (Wildman–Crippen LogP) is 0.367. The van der Waals surface area contributed by atoms with Crippen LogP contribution in [0.2, 0.25) is 0 Å². The van der Waals surface area contributed by atoms with E-state index in [0.29, 0.717) is 0 Å². The number of nitrogens with one attached hydrogen (secondary N) is 1. The number of hydrogen-bond donors (Lipinski definition) is 1. The molecule has 0 bridgehead atoms. The summed E-state index contributed by atoms with van der Waals surface area (Å²) in [5.41, 5.74) is 0. The van der Waals surface area contributed by atoms with Crippen molar-refractivity contribution >= 4 is 0 Å². The summed E-state index contributed by atoms with van der Waals surface area (Å²) in [6, 6.07) is 0. The third-order valence-electron chi connectivity index (χ3n) is 0.957. The Bertz CT molecular complexity index is 19.1. The Kier molecular flexibility index (Phi) is 4.13. The summed E-state index contributed by atoms with van der Waals surface area (Å²) in [5.74, 6) is 0. The normalized spacial score (nSPS) is 20.0. The van der Waals surface area contributed by atoms with Gasteiger partial charge in [-0.1, -0.05) is 0 Å². The SMILES string of the molecule is C1CCNC1.[Zn]. The second-order valence-corrected chi connectivity index (χ2v) is 1.46. The first-order valence-electron chi connectivity index (χ1n) is 2.21. The van der Waals surface area contributed by atoms with Gasteiger partial charge in [0.05, 0.1) is 0 Å². The standard InChI is InChI=1S/C4H9N.Zn/c1-2-4-5-3-1;/h5H,1-4H2;. The van der Waals surface area contributed by atoms with E-state index in [-0.39, 0.29) is 19.5 Å². The van der Waals surface area contributed by atoms with Gasteiger partial charge in [0.2, 0.25) is 0 Å². The van der Waals surface area contributed by atoms with E-state index in [0.717, 1.165) is 0 Å². The number of hydrogen-bond acceptors (Lipinski definition) is 1. The first-order valence-corrected chi connectivity index (χ1v) is 2.21. The van der Waals surface area contributed by atoms with Crippen LogP contribution in [0, 0.1) is 0 Å². The Labute approximate surface area is 51.3 Å². The summed E-state index contributed by atoms with van der Waals surface area (Å²) in [6.45, 7) is 2.50. The molecule has 2 heteroatoms. The second-order valence-electron chi connectivity index (χ2n) is 1.46. The van der Waals surface area contributed by atoms with E-state index in [1.165, 1.54) is 25.9 Å². The molecule has 0 radical (unpaired) electrons. The van der Waals surface area contributed by atoms with E-state index in [1.807, 2.05) is 0 Å². The maximum absolute atomic E-state index is 3.22. The summed E-state index contributed by atoms with van der Waals surface area (Å²) in [7, 11) is 0. The number of rotatable bonds is 0. The van der Waals surface area contributed by atoms with Crippen molar-refractivity contribution in [2.24, 2.45) is 0 Å². The molecule has 1 rings (SSSR count). The van der Waals surface area contributed by atoms with Gasteiger partial charge in [-0.2, -0.15) is 0 Å². The average molecular weight is 137 g/mol. The Morgan fingerprint density at radius 2 is 1.50 bits per heavy atom. The van der Waals surface area contributed by atoms with Crippen molar-refractivity contribution < 1.29 is 19.5 Å². The molecule has 1 heterocycles. The Morgan fingerprint density at radius 1 is 1.00 bits per heavy atom. The topological polar surface area (TPSA) is 12.0 Å². The zero-order valence-electron chi connectivity index (χ0n) is 4.04. The van der Waals surface area contributed by atoms with Crippen molar-refractivity contribution in [3.8, 4) is 0 Å². The molecule has 0 aliphatic carbocycles. The molecule has 0 unspecified atom stereocenters. The Balaban J connectivity index is 0.000000250. The van der Waals surface area contributed by atoms with Gasteiger partial charge in [-0.3, -0.25) is 0 Å². The van der Waals surface area contributed by atoms with Crippen LogP contribution in [0.5, 0.6) is 0 Å². The summed E-state index contributed by atoms with van der Waals surface area (Å²) in [6.07, 6.45) is 2.78. The van der Waals surface area contributed by atoms with Gasteiger partial charge in [-0.15, -0.1) is 0 Å².